The molecule has 1 aromatic heterocycles. The van der Waals surface area contributed by atoms with Gasteiger partial charge in [0.2, 0.25) is 11.9 Å². The van der Waals surface area contributed by atoms with E-state index in [0.29, 0.717) is 13.0 Å². The van der Waals surface area contributed by atoms with Gasteiger partial charge < -0.3 is 10.6 Å². The highest BCUT2D eigenvalue weighted by Crippen LogP contribution is 2.18. The van der Waals surface area contributed by atoms with Crippen molar-refractivity contribution in [3.05, 3.63) is 53.3 Å². The Morgan fingerprint density at radius 2 is 2.10 bits per heavy atom. The molecule has 0 fully saturated rings. The zero-order chi connectivity index (χ0) is 14.7. The Morgan fingerprint density at radius 1 is 1.29 bits per heavy atom. The summed E-state index contributed by atoms with van der Waals surface area (Å²) in [5.41, 5.74) is 8.77. The van der Waals surface area contributed by atoms with E-state index in [1.165, 1.54) is 5.56 Å². The van der Waals surface area contributed by atoms with Crippen molar-refractivity contribution >= 4 is 11.9 Å². The third-order valence-electron chi connectivity index (χ3n) is 3.79. The molecule has 0 unspecified atom stereocenters. The number of rotatable bonds is 3. The van der Waals surface area contributed by atoms with Crippen LogP contribution in [0.5, 0.6) is 0 Å². The van der Waals surface area contributed by atoms with E-state index < -0.39 is 0 Å². The standard InChI is InChI=1S/C16H18N4O/c17-16-18-10-13-8-9-20(11-14(13)19-16)15(21)7-6-12-4-2-1-3-5-12/h1-5,10H,6-9,11H2,(H2,17,18,19). The van der Waals surface area contributed by atoms with Crippen molar-refractivity contribution in [3.63, 3.8) is 0 Å². The molecule has 0 bridgehead atoms. The Labute approximate surface area is 123 Å². The minimum absolute atomic E-state index is 0.168. The topological polar surface area (TPSA) is 72.1 Å². The zero-order valence-corrected chi connectivity index (χ0v) is 11.8. The molecule has 1 aliphatic rings. The third kappa shape index (κ3) is 3.18. The number of amides is 1. The van der Waals surface area contributed by atoms with Crippen LogP contribution in [0, 0.1) is 0 Å². The first kappa shape index (κ1) is 13.5. The fourth-order valence-electron chi connectivity index (χ4n) is 2.59. The van der Waals surface area contributed by atoms with Crippen molar-refractivity contribution in [2.75, 3.05) is 12.3 Å². The van der Waals surface area contributed by atoms with Gasteiger partial charge in [0.25, 0.3) is 0 Å². The summed E-state index contributed by atoms with van der Waals surface area (Å²) in [4.78, 5) is 22.4. The molecule has 0 saturated heterocycles. The second-order valence-electron chi connectivity index (χ2n) is 5.25. The van der Waals surface area contributed by atoms with Gasteiger partial charge in [-0.05, 0) is 24.0 Å². The Balaban J connectivity index is 1.61. The van der Waals surface area contributed by atoms with E-state index in [1.807, 2.05) is 35.2 Å². The SMILES string of the molecule is Nc1ncc2c(n1)CN(C(=O)CCc1ccccc1)CC2. The lowest BCUT2D eigenvalue weighted by Gasteiger charge is -2.28. The predicted molar refractivity (Wildman–Crippen MR) is 80.3 cm³/mol. The summed E-state index contributed by atoms with van der Waals surface area (Å²) in [6, 6.07) is 10.1. The highest BCUT2D eigenvalue weighted by Gasteiger charge is 2.21. The number of anilines is 1. The first-order chi connectivity index (χ1) is 10.2. The number of nitrogens with two attached hydrogens (primary N) is 1. The number of hydrogen-bond acceptors (Lipinski definition) is 4. The zero-order valence-electron chi connectivity index (χ0n) is 11.8. The molecular weight excluding hydrogens is 264 g/mol. The quantitative estimate of drug-likeness (QED) is 0.927. The van der Waals surface area contributed by atoms with E-state index in [9.17, 15) is 4.79 Å². The van der Waals surface area contributed by atoms with Gasteiger partial charge in [-0.25, -0.2) is 9.97 Å². The molecule has 1 aromatic carbocycles. The van der Waals surface area contributed by atoms with Crippen molar-refractivity contribution in [2.45, 2.75) is 25.8 Å². The molecule has 2 heterocycles. The summed E-state index contributed by atoms with van der Waals surface area (Å²) in [6.45, 7) is 1.27. The van der Waals surface area contributed by atoms with Gasteiger partial charge in [-0.15, -0.1) is 0 Å². The van der Waals surface area contributed by atoms with Crippen LogP contribution in [0.3, 0.4) is 0 Å². The molecule has 2 aromatic rings. The number of nitrogens with zero attached hydrogens (tertiary/aromatic N) is 3. The molecule has 21 heavy (non-hydrogen) atoms. The first-order valence-electron chi connectivity index (χ1n) is 7.14. The maximum atomic E-state index is 12.3. The number of aryl methyl sites for hydroxylation is 1. The molecule has 0 saturated carbocycles. The van der Waals surface area contributed by atoms with Gasteiger partial charge in [0.1, 0.15) is 0 Å². The molecule has 2 N–H and O–H groups in total. The fourth-order valence-corrected chi connectivity index (χ4v) is 2.59. The van der Waals surface area contributed by atoms with E-state index in [2.05, 4.69) is 9.97 Å². The molecule has 5 heteroatoms. The largest absolute Gasteiger partial charge is 0.368 e. The first-order valence-corrected chi connectivity index (χ1v) is 7.14. The lowest BCUT2D eigenvalue weighted by molar-refractivity contribution is -0.132. The summed E-state index contributed by atoms with van der Waals surface area (Å²) >= 11 is 0. The molecule has 1 amide bonds. The molecule has 0 spiro atoms. The molecule has 0 aliphatic carbocycles. The summed E-state index contributed by atoms with van der Waals surface area (Å²) in [5.74, 6) is 0.439. The highest BCUT2D eigenvalue weighted by molar-refractivity contribution is 5.76. The van der Waals surface area contributed by atoms with Crippen molar-refractivity contribution in [2.24, 2.45) is 0 Å². The Bertz CT molecular complexity index is 642. The van der Waals surface area contributed by atoms with Crippen LogP contribution in [0.15, 0.2) is 36.5 Å². The van der Waals surface area contributed by atoms with Crippen LogP contribution in [0.2, 0.25) is 0 Å². The molecule has 3 rings (SSSR count). The van der Waals surface area contributed by atoms with Crippen molar-refractivity contribution in [3.8, 4) is 0 Å². The second-order valence-corrected chi connectivity index (χ2v) is 5.25. The second kappa shape index (κ2) is 5.91. The van der Waals surface area contributed by atoms with E-state index in [-0.39, 0.29) is 11.9 Å². The maximum Gasteiger partial charge on any atom is 0.223 e. The van der Waals surface area contributed by atoms with E-state index >= 15 is 0 Å². The minimum Gasteiger partial charge on any atom is -0.368 e. The number of aromatic nitrogens is 2. The maximum absolute atomic E-state index is 12.3. The summed E-state index contributed by atoms with van der Waals surface area (Å²) in [6.07, 6.45) is 3.87. The van der Waals surface area contributed by atoms with Gasteiger partial charge in [0, 0.05) is 19.2 Å². The van der Waals surface area contributed by atoms with Crippen LogP contribution < -0.4 is 5.73 Å². The third-order valence-corrected chi connectivity index (χ3v) is 3.79. The highest BCUT2D eigenvalue weighted by atomic mass is 16.2. The van der Waals surface area contributed by atoms with Gasteiger partial charge in [-0.2, -0.15) is 0 Å². The predicted octanol–water partition coefficient (Wildman–Crippen LogP) is 1.58. The normalized spacial score (nSPS) is 13.8. The fraction of sp³-hybridized carbons (Fsp3) is 0.312. The van der Waals surface area contributed by atoms with Crippen molar-refractivity contribution in [1.82, 2.24) is 14.9 Å². The van der Waals surface area contributed by atoms with Gasteiger partial charge in [0.05, 0.1) is 12.2 Å². The Kier molecular flexibility index (Phi) is 3.81. The van der Waals surface area contributed by atoms with Gasteiger partial charge in [-0.3, -0.25) is 4.79 Å². The van der Waals surface area contributed by atoms with Crippen LogP contribution in [0.25, 0.3) is 0 Å². The van der Waals surface area contributed by atoms with Crippen LogP contribution >= 0.6 is 0 Å². The van der Waals surface area contributed by atoms with E-state index in [1.54, 1.807) is 6.20 Å². The van der Waals surface area contributed by atoms with Crippen molar-refractivity contribution < 1.29 is 4.79 Å². The Hall–Kier alpha value is -2.43. The average Bonchev–Trinajstić information content (AvgIpc) is 2.53. The summed E-state index contributed by atoms with van der Waals surface area (Å²) in [7, 11) is 0. The van der Waals surface area contributed by atoms with Crippen LogP contribution in [-0.2, 0) is 24.2 Å². The lowest BCUT2D eigenvalue weighted by Crippen LogP contribution is -2.36. The summed E-state index contributed by atoms with van der Waals surface area (Å²) < 4.78 is 0. The summed E-state index contributed by atoms with van der Waals surface area (Å²) in [5, 5.41) is 0. The average molecular weight is 282 g/mol. The Morgan fingerprint density at radius 3 is 2.90 bits per heavy atom. The smallest absolute Gasteiger partial charge is 0.223 e. The number of carbonyl (C=O) groups excluding carboxylic acids is 1. The molecule has 0 atom stereocenters. The molecule has 108 valence electrons. The van der Waals surface area contributed by atoms with Crippen LogP contribution in [0.1, 0.15) is 23.2 Å². The lowest BCUT2D eigenvalue weighted by atomic mass is 10.1. The number of nitrogen functional groups attached to an aromatic ring is 1. The number of carbonyl (C=O) groups is 1. The van der Waals surface area contributed by atoms with Gasteiger partial charge in [-0.1, -0.05) is 30.3 Å². The number of benzene rings is 1. The van der Waals surface area contributed by atoms with Gasteiger partial charge >= 0.3 is 0 Å². The molecule has 1 aliphatic heterocycles. The molecule has 0 radical (unpaired) electrons. The molecular formula is C16H18N4O. The van der Waals surface area contributed by atoms with Crippen LogP contribution in [0.4, 0.5) is 5.95 Å². The van der Waals surface area contributed by atoms with Crippen LogP contribution in [-0.4, -0.2) is 27.3 Å². The van der Waals surface area contributed by atoms with Gasteiger partial charge in [0.15, 0.2) is 0 Å². The molecule has 5 nitrogen and oxygen atoms in total. The monoisotopic (exact) mass is 282 g/mol. The minimum atomic E-state index is 0.168. The number of fused-ring (bicyclic) bond motifs is 1. The number of hydrogen-bond donors (Lipinski definition) is 1. The van der Waals surface area contributed by atoms with E-state index in [4.69, 9.17) is 5.73 Å². The van der Waals surface area contributed by atoms with Crippen molar-refractivity contribution in [1.29, 1.82) is 0 Å². The van der Waals surface area contributed by atoms with E-state index in [0.717, 1.165) is 30.6 Å².